The van der Waals surface area contributed by atoms with Gasteiger partial charge in [-0.25, -0.2) is 4.98 Å². The Labute approximate surface area is 181 Å². The Balaban J connectivity index is 1.83. The Bertz CT molecular complexity index is 1100. The molecule has 0 aliphatic heterocycles. The van der Waals surface area contributed by atoms with Gasteiger partial charge in [0.2, 0.25) is 0 Å². The third kappa shape index (κ3) is 4.59. The number of hydrogen-bond donors (Lipinski definition) is 1. The van der Waals surface area contributed by atoms with Crippen LogP contribution in [-0.4, -0.2) is 30.4 Å². The number of nitrogens with one attached hydrogen (secondary N) is 1. The molecule has 0 saturated heterocycles. The SMILES string of the molecule is COc1ccc(-c2nc(-c3[nH]ccc3CC(F)(F)F)sc2-c2ccc(OC)cc2)cc1. The van der Waals surface area contributed by atoms with Gasteiger partial charge in [0.05, 0.1) is 36.9 Å². The molecule has 0 saturated carbocycles. The summed E-state index contributed by atoms with van der Waals surface area (Å²) in [6.45, 7) is 0. The minimum atomic E-state index is -4.30. The van der Waals surface area contributed by atoms with E-state index in [0.717, 1.165) is 21.8 Å². The molecule has 0 amide bonds. The van der Waals surface area contributed by atoms with Gasteiger partial charge in [0, 0.05) is 11.8 Å². The molecule has 2 heterocycles. The van der Waals surface area contributed by atoms with E-state index in [2.05, 4.69) is 4.98 Å². The van der Waals surface area contributed by atoms with E-state index in [-0.39, 0.29) is 5.56 Å². The highest BCUT2D eigenvalue weighted by Gasteiger charge is 2.30. The molecule has 0 bridgehead atoms. The molecule has 0 aliphatic carbocycles. The zero-order valence-electron chi connectivity index (χ0n) is 16.8. The van der Waals surface area contributed by atoms with Gasteiger partial charge in [0.25, 0.3) is 0 Å². The van der Waals surface area contributed by atoms with Crippen LogP contribution in [0.3, 0.4) is 0 Å². The zero-order chi connectivity index (χ0) is 22.0. The third-order valence-electron chi connectivity index (χ3n) is 4.78. The Morgan fingerprint density at radius 2 is 1.45 bits per heavy atom. The average Bonchev–Trinajstić information content (AvgIpc) is 3.39. The molecule has 0 atom stereocenters. The molecule has 0 radical (unpaired) electrons. The Kier molecular flexibility index (Phi) is 5.73. The van der Waals surface area contributed by atoms with Crippen molar-refractivity contribution < 1.29 is 22.6 Å². The molecule has 4 aromatic rings. The summed E-state index contributed by atoms with van der Waals surface area (Å²) in [5.41, 5.74) is 3.00. The molecule has 2 aromatic heterocycles. The van der Waals surface area contributed by atoms with Gasteiger partial charge < -0.3 is 14.5 Å². The second-order valence-corrected chi connectivity index (χ2v) is 7.82. The first-order valence-electron chi connectivity index (χ1n) is 9.41. The molecule has 31 heavy (non-hydrogen) atoms. The first-order valence-corrected chi connectivity index (χ1v) is 10.2. The summed E-state index contributed by atoms with van der Waals surface area (Å²) in [5.74, 6) is 1.43. The lowest BCUT2D eigenvalue weighted by Gasteiger charge is -2.06. The molecule has 0 unspecified atom stereocenters. The Morgan fingerprint density at radius 1 is 0.871 bits per heavy atom. The molecular formula is C23H19F3N2O2S. The van der Waals surface area contributed by atoms with Gasteiger partial charge in [-0.05, 0) is 65.7 Å². The molecule has 2 aromatic carbocycles. The number of aromatic amines is 1. The maximum Gasteiger partial charge on any atom is 0.393 e. The predicted octanol–water partition coefficient (Wildman–Crippen LogP) is 6.59. The zero-order valence-corrected chi connectivity index (χ0v) is 17.6. The summed E-state index contributed by atoms with van der Waals surface area (Å²) < 4.78 is 49.5. The van der Waals surface area contributed by atoms with Gasteiger partial charge >= 0.3 is 6.18 Å². The second-order valence-electron chi connectivity index (χ2n) is 6.82. The highest BCUT2D eigenvalue weighted by Crippen LogP contribution is 2.42. The first kappa shape index (κ1) is 21.0. The normalized spacial score (nSPS) is 11.5. The third-order valence-corrected chi connectivity index (χ3v) is 5.90. The fourth-order valence-corrected chi connectivity index (χ4v) is 4.41. The van der Waals surface area contributed by atoms with Crippen LogP contribution in [0.2, 0.25) is 0 Å². The van der Waals surface area contributed by atoms with Gasteiger partial charge in [0.1, 0.15) is 16.5 Å². The van der Waals surface area contributed by atoms with Crippen LogP contribution in [0.5, 0.6) is 11.5 Å². The number of aromatic nitrogens is 2. The van der Waals surface area contributed by atoms with Crippen LogP contribution < -0.4 is 9.47 Å². The number of ether oxygens (including phenoxy) is 2. The quantitative estimate of drug-likeness (QED) is 0.365. The van der Waals surface area contributed by atoms with Crippen LogP contribution in [0.25, 0.3) is 32.4 Å². The Morgan fingerprint density at radius 3 is 2.00 bits per heavy atom. The van der Waals surface area contributed by atoms with Crippen molar-refractivity contribution in [2.24, 2.45) is 0 Å². The number of methoxy groups -OCH3 is 2. The molecule has 0 fully saturated rings. The van der Waals surface area contributed by atoms with Crippen LogP contribution in [0, 0.1) is 0 Å². The summed E-state index contributed by atoms with van der Waals surface area (Å²) in [5, 5.41) is 0.501. The number of alkyl halides is 3. The van der Waals surface area contributed by atoms with Crippen molar-refractivity contribution in [1.82, 2.24) is 9.97 Å². The van der Waals surface area contributed by atoms with Crippen LogP contribution in [-0.2, 0) is 6.42 Å². The maximum absolute atomic E-state index is 13.0. The van der Waals surface area contributed by atoms with Gasteiger partial charge in [-0.1, -0.05) is 0 Å². The van der Waals surface area contributed by atoms with Gasteiger partial charge in [-0.2, -0.15) is 13.2 Å². The summed E-state index contributed by atoms with van der Waals surface area (Å²) in [6.07, 6.45) is -3.80. The van der Waals surface area contributed by atoms with E-state index in [9.17, 15) is 13.2 Å². The number of benzene rings is 2. The lowest BCUT2D eigenvalue weighted by molar-refractivity contribution is -0.127. The van der Waals surface area contributed by atoms with Crippen molar-refractivity contribution in [3.05, 3.63) is 66.4 Å². The van der Waals surface area contributed by atoms with Crippen LogP contribution in [0.1, 0.15) is 5.56 Å². The second kappa shape index (κ2) is 8.47. The van der Waals surface area contributed by atoms with Crippen LogP contribution >= 0.6 is 11.3 Å². The number of hydrogen-bond acceptors (Lipinski definition) is 4. The van der Waals surface area contributed by atoms with E-state index in [0.29, 0.717) is 22.1 Å². The number of thiazole rings is 1. The fourth-order valence-electron chi connectivity index (χ4n) is 3.27. The van der Waals surface area contributed by atoms with Crippen molar-refractivity contribution in [3.8, 4) is 43.9 Å². The number of H-pyrrole nitrogens is 1. The van der Waals surface area contributed by atoms with Crippen molar-refractivity contribution >= 4 is 11.3 Å². The van der Waals surface area contributed by atoms with E-state index < -0.39 is 12.6 Å². The summed E-state index contributed by atoms with van der Waals surface area (Å²) in [6, 6.07) is 16.4. The van der Waals surface area contributed by atoms with E-state index in [1.807, 2.05) is 48.5 Å². The van der Waals surface area contributed by atoms with Crippen molar-refractivity contribution in [3.63, 3.8) is 0 Å². The minimum Gasteiger partial charge on any atom is -0.497 e. The van der Waals surface area contributed by atoms with E-state index in [1.165, 1.54) is 23.6 Å². The number of rotatable bonds is 6. The standard InChI is InChI=1S/C23H19F3N2O2S/c1-29-17-7-3-14(4-8-17)19-21(15-5-9-18(30-2)10-6-15)31-22(28-19)20-16(11-12-27-20)13-23(24,25)26/h3-12,27H,13H2,1-2H3. The highest BCUT2D eigenvalue weighted by molar-refractivity contribution is 7.18. The average molecular weight is 444 g/mol. The number of nitrogens with zero attached hydrogens (tertiary/aromatic N) is 1. The van der Waals surface area contributed by atoms with Gasteiger partial charge in [-0.15, -0.1) is 11.3 Å². The molecule has 0 aliphatic rings. The lowest BCUT2D eigenvalue weighted by atomic mass is 10.1. The largest absolute Gasteiger partial charge is 0.497 e. The van der Waals surface area contributed by atoms with E-state index in [4.69, 9.17) is 14.5 Å². The van der Waals surface area contributed by atoms with Crippen molar-refractivity contribution in [2.75, 3.05) is 14.2 Å². The summed E-state index contributed by atoms with van der Waals surface area (Å²) >= 11 is 1.35. The smallest absolute Gasteiger partial charge is 0.393 e. The Hall–Kier alpha value is -3.26. The van der Waals surface area contributed by atoms with Gasteiger partial charge in [-0.3, -0.25) is 0 Å². The fraction of sp³-hybridized carbons (Fsp3) is 0.174. The summed E-state index contributed by atoms with van der Waals surface area (Å²) in [4.78, 5) is 8.53. The molecular weight excluding hydrogens is 425 g/mol. The predicted molar refractivity (Wildman–Crippen MR) is 116 cm³/mol. The van der Waals surface area contributed by atoms with Crippen molar-refractivity contribution in [1.29, 1.82) is 0 Å². The maximum atomic E-state index is 13.0. The monoisotopic (exact) mass is 444 g/mol. The highest BCUT2D eigenvalue weighted by atomic mass is 32.1. The molecule has 8 heteroatoms. The molecule has 1 N–H and O–H groups in total. The molecule has 4 rings (SSSR count). The topological polar surface area (TPSA) is 47.1 Å². The molecule has 160 valence electrons. The van der Waals surface area contributed by atoms with Crippen LogP contribution in [0.15, 0.2) is 60.8 Å². The summed E-state index contributed by atoms with van der Waals surface area (Å²) in [7, 11) is 3.18. The molecule has 0 spiro atoms. The number of halogens is 3. The van der Waals surface area contributed by atoms with E-state index in [1.54, 1.807) is 14.2 Å². The molecule has 4 nitrogen and oxygen atoms in total. The van der Waals surface area contributed by atoms with Crippen LogP contribution in [0.4, 0.5) is 13.2 Å². The van der Waals surface area contributed by atoms with E-state index >= 15 is 0 Å². The van der Waals surface area contributed by atoms with Gasteiger partial charge in [0.15, 0.2) is 0 Å². The van der Waals surface area contributed by atoms with Crippen molar-refractivity contribution in [2.45, 2.75) is 12.6 Å². The minimum absolute atomic E-state index is 0.170. The first-order chi connectivity index (χ1) is 14.9. The lowest BCUT2D eigenvalue weighted by Crippen LogP contribution is -2.11.